The van der Waals surface area contributed by atoms with Gasteiger partial charge < -0.3 is 5.32 Å². The highest BCUT2D eigenvalue weighted by molar-refractivity contribution is 7.22. The molecule has 0 bridgehead atoms. The van der Waals surface area contributed by atoms with Crippen molar-refractivity contribution in [1.29, 1.82) is 0 Å². The van der Waals surface area contributed by atoms with Gasteiger partial charge in [-0.05, 0) is 36.2 Å². The summed E-state index contributed by atoms with van der Waals surface area (Å²) in [6, 6.07) is 7.89. The van der Waals surface area contributed by atoms with Crippen molar-refractivity contribution in [1.82, 2.24) is 9.97 Å². The lowest BCUT2D eigenvalue weighted by molar-refractivity contribution is 1.12. The van der Waals surface area contributed by atoms with Crippen molar-refractivity contribution in [2.75, 3.05) is 5.32 Å². The Kier molecular flexibility index (Phi) is 3.36. The number of fused-ring (bicyclic) bond motifs is 1. The molecule has 0 spiro atoms. The fourth-order valence-corrected chi connectivity index (χ4v) is 3.07. The number of thiazole rings is 1. The minimum atomic E-state index is 0.735. The molecule has 96 valence electrons. The van der Waals surface area contributed by atoms with E-state index in [9.17, 15) is 0 Å². The molecule has 3 rings (SSSR count). The number of pyridine rings is 1. The standard InChI is InChI=1S/C14H12ClN3S/c1-9-2-3-11(15)13-12(9)18-14(19-13)17-8-10-4-6-16-7-5-10/h2-7H,8H2,1H3,(H,17,18). The molecule has 2 aromatic heterocycles. The van der Waals surface area contributed by atoms with Gasteiger partial charge in [-0.1, -0.05) is 29.0 Å². The lowest BCUT2D eigenvalue weighted by Crippen LogP contribution is -1.98. The first-order valence-electron chi connectivity index (χ1n) is 5.92. The van der Waals surface area contributed by atoms with E-state index in [2.05, 4.69) is 15.3 Å². The van der Waals surface area contributed by atoms with E-state index in [0.717, 1.165) is 32.5 Å². The summed E-state index contributed by atoms with van der Waals surface area (Å²) < 4.78 is 1.04. The lowest BCUT2D eigenvalue weighted by atomic mass is 10.2. The van der Waals surface area contributed by atoms with Crippen molar-refractivity contribution in [3.63, 3.8) is 0 Å². The zero-order valence-electron chi connectivity index (χ0n) is 10.4. The van der Waals surface area contributed by atoms with Gasteiger partial charge in [0.15, 0.2) is 5.13 Å². The van der Waals surface area contributed by atoms with Gasteiger partial charge in [-0.2, -0.15) is 0 Å². The van der Waals surface area contributed by atoms with Crippen LogP contribution in [0.5, 0.6) is 0 Å². The van der Waals surface area contributed by atoms with E-state index < -0.39 is 0 Å². The summed E-state index contributed by atoms with van der Waals surface area (Å²) in [7, 11) is 0. The fraction of sp³-hybridized carbons (Fsp3) is 0.143. The lowest BCUT2D eigenvalue weighted by Gasteiger charge is -2.01. The number of nitrogens with zero attached hydrogens (tertiary/aromatic N) is 2. The van der Waals surface area contributed by atoms with Gasteiger partial charge in [0.25, 0.3) is 0 Å². The molecule has 0 saturated carbocycles. The van der Waals surface area contributed by atoms with E-state index in [1.165, 1.54) is 5.56 Å². The third kappa shape index (κ3) is 2.55. The van der Waals surface area contributed by atoms with E-state index in [1.54, 1.807) is 23.7 Å². The van der Waals surface area contributed by atoms with Crippen LogP contribution < -0.4 is 5.32 Å². The van der Waals surface area contributed by atoms with Gasteiger partial charge in [0, 0.05) is 18.9 Å². The van der Waals surface area contributed by atoms with Crippen molar-refractivity contribution in [2.45, 2.75) is 13.5 Å². The molecule has 0 saturated heterocycles. The maximum absolute atomic E-state index is 6.19. The monoisotopic (exact) mass is 289 g/mol. The summed E-state index contributed by atoms with van der Waals surface area (Å²) in [5.74, 6) is 0. The van der Waals surface area contributed by atoms with Crippen LogP contribution in [-0.2, 0) is 6.54 Å². The van der Waals surface area contributed by atoms with Crippen molar-refractivity contribution < 1.29 is 0 Å². The molecule has 0 aliphatic carbocycles. The molecule has 0 fully saturated rings. The zero-order valence-corrected chi connectivity index (χ0v) is 11.9. The molecule has 5 heteroatoms. The fourth-order valence-electron chi connectivity index (χ4n) is 1.86. The highest BCUT2D eigenvalue weighted by Crippen LogP contribution is 2.33. The summed E-state index contributed by atoms with van der Waals surface area (Å²) in [5, 5.41) is 4.98. The number of hydrogen-bond acceptors (Lipinski definition) is 4. The second-order valence-corrected chi connectivity index (χ2v) is 5.68. The molecule has 2 heterocycles. The number of nitrogens with one attached hydrogen (secondary N) is 1. The molecule has 3 nitrogen and oxygen atoms in total. The smallest absolute Gasteiger partial charge is 0.184 e. The first kappa shape index (κ1) is 12.4. The highest BCUT2D eigenvalue weighted by Gasteiger charge is 2.09. The zero-order chi connectivity index (χ0) is 13.2. The van der Waals surface area contributed by atoms with Crippen LogP contribution in [0.1, 0.15) is 11.1 Å². The van der Waals surface area contributed by atoms with Crippen LogP contribution >= 0.6 is 22.9 Å². The van der Waals surface area contributed by atoms with Crippen molar-refractivity contribution in [2.24, 2.45) is 0 Å². The molecule has 1 aromatic carbocycles. The van der Waals surface area contributed by atoms with Crippen LogP contribution in [0.3, 0.4) is 0 Å². The van der Waals surface area contributed by atoms with Crippen molar-refractivity contribution in [3.05, 3.63) is 52.8 Å². The average Bonchev–Trinajstić information content (AvgIpc) is 2.87. The first-order valence-corrected chi connectivity index (χ1v) is 7.12. The Balaban J connectivity index is 1.86. The van der Waals surface area contributed by atoms with Crippen molar-refractivity contribution in [3.8, 4) is 0 Å². The molecule has 0 amide bonds. The molecule has 19 heavy (non-hydrogen) atoms. The number of hydrogen-bond donors (Lipinski definition) is 1. The third-order valence-electron chi connectivity index (χ3n) is 2.89. The molecule has 0 aliphatic rings. The Bertz CT molecular complexity index is 670. The SMILES string of the molecule is Cc1ccc(Cl)c2sc(NCc3ccncc3)nc12. The summed E-state index contributed by atoms with van der Waals surface area (Å²) >= 11 is 7.78. The summed E-state index contributed by atoms with van der Waals surface area (Å²) in [6.45, 7) is 2.78. The van der Waals surface area contributed by atoms with Gasteiger partial charge in [0.1, 0.15) is 0 Å². The molecule has 0 radical (unpaired) electrons. The number of aromatic nitrogens is 2. The normalized spacial score (nSPS) is 10.8. The second kappa shape index (κ2) is 5.15. The van der Waals surface area contributed by atoms with E-state index in [1.807, 2.05) is 31.2 Å². The number of rotatable bonds is 3. The minimum Gasteiger partial charge on any atom is -0.357 e. The molecular formula is C14H12ClN3S. The van der Waals surface area contributed by atoms with Crippen LogP contribution in [0.25, 0.3) is 10.2 Å². The number of benzene rings is 1. The highest BCUT2D eigenvalue weighted by atomic mass is 35.5. The van der Waals surface area contributed by atoms with Gasteiger partial charge >= 0.3 is 0 Å². The maximum atomic E-state index is 6.19. The van der Waals surface area contributed by atoms with Crippen molar-refractivity contribution >= 4 is 38.3 Å². The predicted octanol–water partition coefficient (Wildman–Crippen LogP) is 4.27. The topological polar surface area (TPSA) is 37.8 Å². The number of halogens is 1. The van der Waals surface area contributed by atoms with Crippen LogP contribution in [0.2, 0.25) is 5.02 Å². The van der Waals surface area contributed by atoms with Gasteiger partial charge in [0.2, 0.25) is 0 Å². The largest absolute Gasteiger partial charge is 0.357 e. The van der Waals surface area contributed by atoms with Gasteiger partial charge in [-0.15, -0.1) is 0 Å². The van der Waals surface area contributed by atoms with Gasteiger partial charge in [-0.25, -0.2) is 4.98 Å². The Morgan fingerprint density at radius 2 is 2.00 bits per heavy atom. The van der Waals surface area contributed by atoms with E-state index in [4.69, 9.17) is 11.6 Å². The predicted molar refractivity (Wildman–Crippen MR) is 80.9 cm³/mol. The van der Waals surface area contributed by atoms with Gasteiger partial charge in [-0.3, -0.25) is 4.98 Å². The molecule has 0 atom stereocenters. The second-order valence-electron chi connectivity index (χ2n) is 4.27. The molecule has 0 aliphatic heterocycles. The van der Waals surface area contributed by atoms with Crippen LogP contribution in [0, 0.1) is 6.92 Å². The minimum absolute atomic E-state index is 0.735. The Hall–Kier alpha value is -1.65. The third-order valence-corrected chi connectivity index (χ3v) is 4.36. The van der Waals surface area contributed by atoms with Crippen LogP contribution in [0.4, 0.5) is 5.13 Å². The van der Waals surface area contributed by atoms with E-state index >= 15 is 0 Å². The Morgan fingerprint density at radius 1 is 1.21 bits per heavy atom. The maximum Gasteiger partial charge on any atom is 0.184 e. The summed E-state index contributed by atoms with van der Waals surface area (Å²) in [6.07, 6.45) is 3.58. The molecular weight excluding hydrogens is 278 g/mol. The summed E-state index contributed by atoms with van der Waals surface area (Å²) in [5.41, 5.74) is 3.31. The van der Waals surface area contributed by atoms with Gasteiger partial charge in [0.05, 0.1) is 15.2 Å². The summed E-state index contributed by atoms with van der Waals surface area (Å²) in [4.78, 5) is 8.60. The van der Waals surface area contributed by atoms with E-state index in [0.29, 0.717) is 0 Å². The number of anilines is 1. The van der Waals surface area contributed by atoms with Crippen LogP contribution in [-0.4, -0.2) is 9.97 Å². The quantitative estimate of drug-likeness (QED) is 0.782. The Morgan fingerprint density at radius 3 is 2.74 bits per heavy atom. The first-order chi connectivity index (χ1) is 9.24. The molecule has 3 aromatic rings. The number of aryl methyl sites for hydroxylation is 1. The van der Waals surface area contributed by atoms with Crippen LogP contribution in [0.15, 0.2) is 36.7 Å². The Labute approximate surface area is 120 Å². The molecule has 1 N–H and O–H groups in total. The molecule has 0 unspecified atom stereocenters. The van der Waals surface area contributed by atoms with E-state index in [-0.39, 0.29) is 0 Å². The average molecular weight is 290 g/mol.